The molecule has 0 aliphatic heterocycles. The van der Waals surface area contributed by atoms with Gasteiger partial charge in [0.2, 0.25) is 5.91 Å². The summed E-state index contributed by atoms with van der Waals surface area (Å²) in [5.74, 6) is 1.30. The number of rotatable bonds is 9. The van der Waals surface area contributed by atoms with Gasteiger partial charge in [-0.1, -0.05) is 19.0 Å². The van der Waals surface area contributed by atoms with Crippen LogP contribution >= 0.6 is 0 Å². The SMILES string of the molecule is COc1ccc(-c2cc(C(=O)N(CCC(=O)NC3CC3)CC(C)C)no2)cc1. The zero-order chi connectivity index (χ0) is 20.1. The molecular formula is C21H27N3O4. The molecule has 7 nitrogen and oxygen atoms in total. The highest BCUT2D eigenvalue weighted by Gasteiger charge is 2.25. The predicted molar refractivity (Wildman–Crippen MR) is 105 cm³/mol. The topological polar surface area (TPSA) is 84.7 Å². The molecule has 1 fully saturated rings. The van der Waals surface area contributed by atoms with E-state index in [9.17, 15) is 9.59 Å². The Morgan fingerprint density at radius 1 is 1.29 bits per heavy atom. The van der Waals surface area contributed by atoms with E-state index in [4.69, 9.17) is 9.26 Å². The number of hydrogen-bond acceptors (Lipinski definition) is 5. The average Bonchev–Trinajstić information content (AvgIpc) is 3.36. The van der Waals surface area contributed by atoms with Crippen molar-refractivity contribution in [1.29, 1.82) is 0 Å². The van der Waals surface area contributed by atoms with Gasteiger partial charge in [0.05, 0.1) is 7.11 Å². The van der Waals surface area contributed by atoms with Crippen molar-refractivity contribution >= 4 is 11.8 Å². The Hall–Kier alpha value is -2.83. The van der Waals surface area contributed by atoms with E-state index in [1.807, 2.05) is 38.1 Å². The first-order chi connectivity index (χ1) is 13.5. The molecular weight excluding hydrogens is 358 g/mol. The van der Waals surface area contributed by atoms with E-state index in [0.29, 0.717) is 24.9 Å². The quantitative estimate of drug-likeness (QED) is 0.717. The summed E-state index contributed by atoms with van der Waals surface area (Å²) in [7, 11) is 1.61. The van der Waals surface area contributed by atoms with Crippen LogP contribution in [0.3, 0.4) is 0 Å². The van der Waals surface area contributed by atoms with Crippen molar-refractivity contribution in [2.75, 3.05) is 20.2 Å². The largest absolute Gasteiger partial charge is 0.497 e. The first-order valence-electron chi connectivity index (χ1n) is 9.66. The van der Waals surface area contributed by atoms with Crippen molar-refractivity contribution in [2.24, 2.45) is 5.92 Å². The summed E-state index contributed by atoms with van der Waals surface area (Å²) in [5, 5.41) is 6.91. The van der Waals surface area contributed by atoms with Crippen LogP contribution in [-0.2, 0) is 4.79 Å². The highest BCUT2D eigenvalue weighted by atomic mass is 16.5. The summed E-state index contributed by atoms with van der Waals surface area (Å²) < 4.78 is 10.5. The van der Waals surface area contributed by atoms with E-state index in [1.165, 1.54) is 0 Å². The number of nitrogens with one attached hydrogen (secondary N) is 1. The molecule has 7 heteroatoms. The Labute approximate surface area is 165 Å². The fourth-order valence-electron chi connectivity index (χ4n) is 2.91. The fourth-order valence-corrected chi connectivity index (χ4v) is 2.91. The van der Waals surface area contributed by atoms with Gasteiger partial charge in [0.25, 0.3) is 5.91 Å². The monoisotopic (exact) mass is 385 g/mol. The van der Waals surface area contributed by atoms with Crippen LogP contribution < -0.4 is 10.1 Å². The molecule has 1 N–H and O–H groups in total. The summed E-state index contributed by atoms with van der Waals surface area (Å²) in [6.45, 7) is 4.99. The van der Waals surface area contributed by atoms with Crippen LogP contribution in [0.5, 0.6) is 5.75 Å². The van der Waals surface area contributed by atoms with Crippen LogP contribution in [0.4, 0.5) is 0 Å². The average molecular weight is 385 g/mol. The van der Waals surface area contributed by atoms with Gasteiger partial charge < -0.3 is 19.5 Å². The first kappa shape index (κ1) is 19.9. The maximum absolute atomic E-state index is 12.9. The van der Waals surface area contributed by atoms with Crippen molar-refractivity contribution in [3.05, 3.63) is 36.0 Å². The van der Waals surface area contributed by atoms with Gasteiger partial charge in [-0.05, 0) is 43.0 Å². The van der Waals surface area contributed by atoms with Crippen molar-refractivity contribution in [1.82, 2.24) is 15.4 Å². The molecule has 1 aliphatic rings. The van der Waals surface area contributed by atoms with Gasteiger partial charge in [-0.3, -0.25) is 9.59 Å². The lowest BCUT2D eigenvalue weighted by molar-refractivity contribution is -0.121. The molecule has 150 valence electrons. The van der Waals surface area contributed by atoms with Gasteiger partial charge in [-0.25, -0.2) is 0 Å². The van der Waals surface area contributed by atoms with Crippen LogP contribution in [-0.4, -0.2) is 48.1 Å². The molecule has 1 aliphatic carbocycles. The number of carbonyl (C=O) groups excluding carboxylic acids is 2. The van der Waals surface area contributed by atoms with Gasteiger partial charge in [0, 0.05) is 37.2 Å². The lowest BCUT2D eigenvalue weighted by Gasteiger charge is -2.23. The third-order valence-electron chi connectivity index (χ3n) is 4.53. The highest BCUT2D eigenvalue weighted by Crippen LogP contribution is 2.24. The summed E-state index contributed by atoms with van der Waals surface area (Å²) in [6, 6.07) is 9.31. The van der Waals surface area contributed by atoms with Crippen molar-refractivity contribution in [2.45, 2.75) is 39.2 Å². The van der Waals surface area contributed by atoms with Crippen molar-refractivity contribution in [3.63, 3.8) is 0 Å². The van der Waals surface area contributed by atoms with E-state index >= 15 is 0 Å². The predicted octanol–water partition coefficient (Wildman–Crippen LogP) is 3.12. The van der Waals surface area contributed by atoms with E-state index in [0.717, 1.165) is 24.2 Å². The number of aromatic nitrogens is 1. The Bertz CT molecular complexity index is 809. The molecule has 2 aromatic rings. The minimum atomic E-state index is -0.226. The Balaban J connectivity index is 1.67. The normalized spacial score (nSPS) is 13.4. The van der Waals surface area contributed by atoms with E-state index in [1.54, 1.807) is 18.1 Å². The van der Waals surface area contributed by atoms with Gasteiger partial charge >= 0.3 is 0 Å². The highest BCUT2D eigenvalue weighted by molar-refractivity contribution is 5.93. The lowest BCUT2D eigenvalue weighted by atomic mass is 10.1. The molecule has 0 radical (unpaired) electrons. The molecule has 0 unspecified atom stereocenters. The molecule has 0 bridgehead atoms. The van der Waals surface area contributed by atoms with Crippen LogP contribution in [0, 0.1) is 5.92 Å². The molecule has 3 rings (SSSR count). The van der Waals surface area contributed by atoms with Gasteiger partial charge in [0.15, 0.2) is 11.5 Å². The number of ether oxygens (including phenoxy) is 1. The number of carbonyl (C=O) groups is 2. The summed E-state index contributed by atoms with van der Waals surface area (Å²) in [6.07, 6.45) is 2.39. The summed E-state index contributed by atoms with van der Waals surface area (Å²) in [4.78, 5) is 26.6. The Kier molecular flexibility index (Phi) is 6.34. The van der Waals surface area contributed by atoms with E-state index in [2.05, 4.69) is 10.5 Å². The van der Waals surface area contributed by atoms with Crippen molar-refractivity contribution in [3.8, 4) is 17.1 Å². The number of nitrogens with zero attached hydrogens (tertiary/aromatic N) is 2. The summed E-state index contributed by atoms with van der Waals surface area (Å²) in [5.41, 5.74) is 1.06. The van der Waals surface area contributed by atoms with Crippen LogP contribution in [0.15, 0.2) is 34.9 Å². The number of amides is 2. The molecule has 0 spiro atoms. The fraction of sp³-hybridized carbons (Fsp3) is 0.476. The first-order valence-corrected chi connectivity index (χ1v) is 9.66. The second kappa shape index (κ2) is 8.91. The maximum Gasteiger partial charge on any atom is 0.276 e. The zero-order valence-corrected chi connectivity index (χ0v) is 16.6. The molecule has 28 heavy (non-hydrogen) atoms. The van der Waals surface area contributed by atoms with Crippen LogP contribution in [0.1, 0.15) is 43.6 Å². The smallest absolute Gasteiger partial charge is 0.276 e. The van der Waals surface area contributed by atoms with Crippen LogP contribution in [0.2, 0.25) is 0 Å². The van der Waals surface area contributed by atoms with E-state index < -0.39 is 0 Å². The maximum atomic E-state index is 12.9. The molecule has 1 aromatic carbocycles. The van der Waals surface area contributed by atoms with Crippen molar-refractivity contribution < 1.29 is 18.8 Å². The number of hydrogen-bond donors (Lipinski definition) is 1. The second-order valence-electron chi connectivity index (χ2n) is 7.54. The molecule has 1 saturated carbocycles. The van der Waals surface area contributed by atoms with E-state index in [-0.39, 0.29) is 29.8 Å². The van der Waals surface area contributed by atoms with Gasteiger partial charge in [-0.2, -0.15) is 0 Å². The number of benzene rings is 1. The summed E-state index contributed by atoms with van der Waals surface area (Å²) >= 11 is 0. The molecule has 1 aromatic heterocycles. The zero-order valence-electron chi connectivity index (χ0n) is 16.6. The van der Waals surface area contributed by atoms with Crippen LogP contribution in [0.25, 0.3) is 11.3 Å². The Morgan fingerprint density at radius 3 is 2.61 bits per heavy atom. The lowest BCUT2D eigenvalue weighted by Crippen LogP contribution is -2.38. The molecule has 0 saturated heterocycles. The molecule has 0 atom stereocenters. The molecule has 2 amide bonds. The third kappa shape index (κ3) is 5.34. The van der Waals surface area contributed by atoms with Gasteiger partial charge in [0.1, 0.15) is 5.75 Å². The standard InChI is InChI=1S/C21H27N3O4/c1-14(2)13-24(11-10-20(25)22-16-6-7-16)21(26)18-12-19(28-23-18)15-4-8-17(27-3)9-5-15/h4-5,8-9,12,14,16H,6-7,10-11,13H2,1-3H3,(H,22,25). The Morgan fingerprint density at radius 2 is 2.00 bits per heavy atom. The number of methoxy groups -OCH3 is 1. The van der Waals surface area contributed by atoms with Gasteiger partial charge in [-0.15, -0.1) is 0 Å². The third-order valence-corrected chi connectivity index (χ3v) is 4.53. The molecule has 1 heterocycles. The minimum Gasteiger partial charge on any atom is -0.497 e. The minimum absolute atomic E-state index is 0.0110. The second-order valence-corrected chi connectivity index (χ2v) is 7.54.